The van der Waals surface area contributed by atoms with Crippen molar-refractivity contribution in [2.24, 2.45) is 11.7 Å². The van der Waals surface area contributed by atoms with Crippen molar-refractivity contribution in [3.63, 3.8) is 0 Å². The first kappa shape index (κ1) is 18.9. The first-order valence-corrected chi connectivity index (χ1v) is 8.51. The van der Waals surface area contributed by atoms with Crippen LogP contribution in [0, 0.1) is 5.92 Å². The van der Waals surface area contributed by atoms with Gasteiger partial charge in [-0.25, -0.2) is 13.1 Å². The molecule has 6 nitrogen and oxygen atoms in total. The molecule has 1 amide bonds. The van der Waals surface area contributed by atoms with E-state index in [9.17, 15) is 13.2 Å². The second-order valence-electron chi connectivity index (χ2n) is 5.43. The van der Waals surface area contributed by atoms with Crippen LogP contribution in [0.2, 0.25) is 0 Å². The van der Waals surface area contributed by atoms with Gasteiger partial charge in [-0.1, -0.05) is 6.07 Å². The highest BCUT2D eigenvalue weighted by atomic mass is 35.5. The van der Waals surface area contributed by atoms with Gasteiger partial charge >= 0.3 is 0 Å². The Morgan fingerprint density at radius 1 is 1.41 bits per heavy atom. The molecule has 8 heteroatoms. The minimum Gasteiger partial charge on any atom is -0.348 e. The summed E-state index contributed by atoms with van der Waals surface area (Å²) < 4.78 is 26.9. The molecule has 0 radical (unpaired) electrons. The molecule has 0 aromatic heterocycles. The summed E-state index contributed by atoms with van der Waals surface area (Å²) in [7, 11) is -3.56. The molecule has 0 bridgehead atoms. The third-order valence-electron chi connectivity index (χ3n) is 3.40. The van der Waals surface area contributed by atoms with Gasteiger partial charge in [-0.2, -0.15) is 0 Å². The topological polar surface area (TPSA) is 101 Å². The number of benzene rings is 1. The molecular formula is C14H22ClN3O3S. The van der Waals surface area contributed by atoms with Crippen LogP contribution in [-0.4, -0.2) is 33.5 Å². The van der Waals surface area contributed by atoms with E-state index in [2.05, 4.69) is 10.0 Å². The van der Waals surface area contributed by atoms with Gasteiger partial charge in [0.05, 0.1) is 4.90 Å². The lowest BCUT2D eigenvalue weighted by Crippen LogP contribution is -2.37. The monoisotopic (exact) mass is 347 g/mol. The fraction of sp³-hybridized carbons (Fsp3) is 0.500. The Morgan fingerprint density at radius 3 is 2.68 bits per heavy atom. The van der Waals surface area contributed by atoms with E-state index in [-0.39, 0.29) is 29.3 Å². The molecule has 1 aliphatic carbocycles. The van der Waals surface area contributed by atoms with Gasteiger partial charge in [-0.15, -0.1) is 12.4 Å². The van der Waals surface area contributed by atoms with Crippen molar-refractivity contribution in [1.29, 1.82) is 0 Å². The molecule has 4 N–H and O–H groups in total. The van der Waals surface area contributed by atoms with Crippen LogP contribution in [0.15, 0.2) is 29.2 Å². The molecule has 1 aliphatic rings. The normalized spacial score (nSPS) is 15.7. The number of amides is 1. The molecule has 0 saturated heterocycles. The van der Waals surface area contributed by atoms with E-state index in [0.29, 0.717) is 24.6 Å². The van der Waals surface area contributed by atoms with Gasteiger partial charge in [0.2, 0.25) is 10.0 Å². The Labute approximate surface area is 137 Å². The predicted molar refractivity (Wildman–Crippen MR) is 87.6 cm³/mol. The third kappa shape index (κ3) is 5.24. The van der Waals surface area contributed by atoms with Crippen LogP contribution < -0.4 is 15.8 Å². The Balaban J connectivity index is 0.00000242. The zero-order valence-corrected chi connectivity index (χ0v) is 14.0. The van der Waals surface area contributed by atoms with E-state index < -0.39 is 10.0 Å². The van der Waals surface area contributed by atoms with Crippen LogP contribution in [-0.2, 0) is 10.0 Å². The third-order valence-corrected chi connectivity index (χ3v) is 4.82. The Kier molecular flexibility index (Phi) is 6.80. The summed E-state index contributed by atoms with van der Waals surface area (Å²) >= 11 is 0. The zero-order chi connectivity index (χ0) is 15.5. The second-order valence-corrected chi connectivity index (χ2v) is 7.20. The number of nitrogens with two attached hydrogens (primary N) is 1. The van der Waals surface area contributed by atoms with Gasteiger partial charge < -0.3 is 11.1 Å². The van der Waals surface area contributed by atoms with E-state index >= 15 is 0 Å². The number of halogens is 1. The maximum atomic E-state index is 12.2. The molecule has 22 heavy (non-hydrogen) atoms. The van der Waals surface area contributed by atoms with Crippen molar-refractivity contribution in [3.05, 3.63) is 29.8 Å². The van der Waals surface area contributed by atoms with Crippen LogP contribution in [0.5, 0.6) is 0 Å². The summed E-state index contributed by atoms with van der Waals surface area (Å²) in [4.78, 5) is 12.1. The van der Waals surface area contributed by atoms with E-state index in [1.165, 1.54) is 12.1 Å². The minimum atomic E-state index is -3.56. The number of carbonyl (C=O) groups is 1. The highest BCUT2D eigenvalue weighted by molar-refractivity contribution is 7.89. The van der Waals surface area contributed by atoms with Crippen LogP contribution in [0.1, 0.15) is 30.1 Å². The maximum absolute atomic E-state index is 12.2. The molecule has 1 saturated carbocycles. The smallest absolute Gasteiger partial charge is 0.251 e. The first-order valence-electron chi connectivity index (χ1n) is 7.03. The number of carbonyl (C=O) groups excluding carboxylic acids is 1. The standard InChI is InChI=1S/C14H21N3O3S.ClH/c1-10(8-15)17-14(18)12-3-2-4-13(7-12)21(19,20)16-9-11-5-6-11;/h2-4,7,10-11,16H,5-6,8-9,15H2,1H3,(H,17,18);1H/t10-;/m0./s1. The van der Waals surface area contributed by atoms with Gasteiger partial charge in [0, 0.05) is 24.7 Å². The van der Waals surface area contributed by atoms with Crippen molar-refractivity contribution in [1.82, 2.24) is 10.0 Å². The lowest BCUT2D eigenvalue weighted by atomic mass is 10.2. The Morgan fingerprint density at radius 2 is 2.09 bits per heavy atom. The highest BCUT2D eigenvalue weighted by Crippen LogP contribution is 2.28. The molecule has 1 aromatic rings. The van der Waals surface area contributed by atoms with E-state index in [1.807, 2.05) is 0 Å². The van der Waals surface area contributed by atoms with Crippen molar-refractivity contribution in [2.75, 3.05) is 13.1 Å². The summed E-state index contributed by atoms with van der Waals surface area (Å²) in [6, 6.07) is 5.85. The molecule has 0 heterocycles. The maximum Gasteiger partial charge on any atom is 0.251 e. The van der Waals surface area contributed by atoms with Gasteiger partial charge in [0.25, 0.3) is 5.91 Å². The molecular weight excluding hydrogens is 326 g/mol. The van der Waals surface area contributed by atoms with Crippen molar-refractivity contribution in [2.45, 2.75) is 30.7 Å². The van der Waals surface area contributed by atoms with Crippen LogP contribution >= 0.6 is 12.4 Å². The molecule has 0 unspecified atom stereocenters. The summed E-state index contributed by atoms with van der Waals surface area (Å²) in [5, 5.41) is 2.71. The molecule has 0 aliphatic heterocycles. The quantitative estimate of drug-likeness (QED) is 0.681. The van der Waals surface area contributed by atoms with E-state index in [0.717, 1.165) is 12.8 Å². The van der Waals surface area contributed by atoms with Crippen molar-refractivity contribution >= 4 is 28.3 Å². The number of nitrogens with one attached hydrogen (secondary N) is 2. The van der Waals surface area contributed by atoms with Gasteiger partial charge in [-0.05, 0) is 43.9 Å². The average Bonchev–Trinajstić information content (AvgIpc) is 3.29. The Hall–Kier alpha value is -1.15. The van der Waals surface area contributed by atoms with Crippen LogP contribution in [0.25, 0.3) is 0 Å². The van der Waals surface area contributed by atoms with Crippen molar-refractivity contribution in [3.8, 4) is 0 Å². The minimum absolute atomic E-state index is 0. The molecule has 124 valence electrons. The number of hydrogen-bond acceptors (Lipinski definition) is 4. The van der Waals surface area contributed by atoms with Crippen LogP contribution in [0.4, 0.5) is 0 Å². The lowest BCUT2D eigenvalue weighted by Gasteiger charge is -2.12. The van der Waals surface area contributed by atoms with Gasteiger partial charge in [-0.3, -0.25) is 4.79 Å². The van der Waals surface area contributed by atoms with Gasteiger partial charge in [0.1, 0.15) is 0 Å². The number of sulfonamides is 1. The summed E-state index contributed by atoms with van der Waals surface area (Å²) in [6.07, 6.45) is 2.14. The molecule has 1 fully saturated rings. The molecule has 0 spiro atoms. The first-order chi connectivity index (χ1) is 9.92. The van der Waals surface area contributed by atoms with E-state index in [1.54, 1.807) is 19.1 Å². The lowest BCUT2D eigenvalue weighted by molar-refractivity contribution is 0.0941. The fourth-order valence-electron chi connectivity index (χ4n) is 1.80. The SMILES string of the molecule is C[C@@H](CN)NC(=O)c1cccc(S(=O)(=O)NCC2CC2)c1.Cl. The molecule has 1 aromatic carbocycles. The predicted octanol–water partition coefficient (Wildman–Crippen LogP) is 0.874. The number of rotatable bonds is 7. The zero-order valence-electron chi connectivity index (χ0n) is 12.4. The summed E-state index contributed by atoms with van der Waals surface area (Å²) in [5.41, 5.74) is 5.76. The van der Waals surface area contributed by atoms with Crippen LogP contribution in [0.3, 0.4) is 0 Å². The number of hydrogen-bond donors (Lipinski definition) is 3. The summed E-state index contributed by atoms with van der Waals surface area (Å²) in [6.45, 7) is 2.57. The fourth-order valence-corrected chi connectivity index (χ4v) is 2.97. The largest absolute Gasteiger partial charge is 0.348 e. The summed E-state index contributed by atoms with van der Waals surface area (Å²) in [5.74, 6) is 0.129. The molecule has 2 rings (SSSR count). The average molecular weight is 348 g/mol. The second kappa shape index (κ2) is 7.92. The van der Waals surface area contributed by atoms with Gasteiger partial charge in [0.15, 0.2) is 0 Å². The van der Waals surface area contributed by atoms with Crippen molar-refractivity contribution < 1.29 is 13.2 Å². The molecule has 1 atom stereocenters. The van der Waals surface area contributed by atoms with E-state index in [4.69, 9.17) is 5.73 Å². The Bertz CT molecular complexity index is 618. The highest BCUT2D eigenvalue weighted by Gasteiger charge is 2.24.